The van der Waals surface area contributed by atoms with Crippen molar-refractivity contribution in [1.29, 1.82) is 5.26 Å². The van der Waals surface area contributed by atoms with Gasteiger partial charge in [-0.3, -0.25) is 4.79 Å². The summed E-state index contributed by atoms with van der Waals surface area (Å²) in [5, 5.41) is 12.2. The van der Waals surface area contributed by atoms with Gasteiger partial charge in [-0.05, 0) is 76.5 Å². The molecule has 0 saturated carbocycles. The number of carbonyl (C=O) groups excluding carboxylic acids is 1. The van der Waals surface area contributed by atoms with Gasteiger partial charge in [-0.1, -0.05) is 42.5 Å². The molecule has 3 rings (SSSR count). The van der Waals surface area contributed by atoms with Crippen LogP contribution in [0, 0.1) is 21.8 Å². The first-order valence-corrected chi connectivity index (χ1v) is 10.6. The first-order chi connectivity index (χ1) is 15.0. The Morgan fingerprint density at radius 2 is 1.84 bits per heavy atom. The first kappa shape index (κ1) is 22.4. The van der Waals surface area contributed by atoms with E-state index in [-0.39, 0.29) is 5.57 Å². The molecular weight excluding hydrogens is 503 g/mol. The molecule has 3 aromatic rings. The van der Waals surface area contributed by atoms with Crippen molar-refractivity contribution < 1.29 is 14.3 Å². The van der Waals surface area contributed by atoms with Crippen LogP contribution in [0.2, 0.25) is 0 Å². The Kier molecular flexibility index (Phi) is 7.68. The summed E-state index contributed by atoms with van der Waals surface area (Å²) in [5.74, 6) is 0.686. The van der Waals surface area contributed by atoms with Gasteiger partial charge in [0.25, 0.3) is 5.91 Å². The molecule has 0 unspecified atom stereocenters. The lowest BCUT2D eigenvalue weighted by Crippen LogP contribution is -2.13. The molecule has 0 radical (unpaired) electrons. The summed E-state index contributed by atoms with van der Waals surface area (Å²) >= 11 is 2.16. The van der Waals surface area contributed by atoms with Crippen molar-refractivity contribution in [1.82, 2.24) is 0 Å². The number of anilines is 1. The van der Waals surface area contributed by atoms with Crippen LogP contribution in [0.4, 0.5) is 5.69 Å². The number of amides is 1. The number of hydrogen-bond donors (Lipinski definition) is 1. The highest BCUT2D eigenvalue weighted by Gasteiger charge is 2.14. The largest absolute Gasteiger partial charge is 0.493 e. The van der Waals surface area contributed by atoms with Crippen molar-refractivity contribution in [3.05, 3.63) is 92.6 Å². The van der Waals surface area contributed by atoms with Crippen LogP contribution in [0.5, 0.6) is 11.5 Å². The fraction of sp³-hybridized carbons (Fsp3) is 0.120. The summed E-state index contributed by atoms with van der Waals surface area (Å²) in [5.41, 5.74) is 3.54. The molecule has 3 aromatic carbocycles. The van der Waals surface area contributed by atoms with E-state index < -0.39 is 5.91 Å². The van der Waals surface area contributed by atoms with Gasteiger partial charge in [0.1, 0.15) is 18.2 Å². The van der Waals surface area contributed by atoms with Crippen LogP contribution < -0.4 is 14.8 Å². The second kappa shape index (κ2) is 10.6. The lowest BCUT2D eigenvalue weighted by atomic mass is 10.1. The number of benzene rings is 3. The van der Waals surface area contributed by atoms with Gasteiger partial charge in [-0.15, -0.1) is 0 Å². The highest BCUT2D eigenvalue weighted by molar-refractivity contribution is 14.1. The van der Waals surface area contributed by atoms with E-state index in [4.69, 9.17) is 9.47 Å². The standard InChI is InChI=1S/C25H21IN2O3/c1-17-8-6-7-9-19(17)16-31-24-22(26)13-18(14-23(24)30-2)12-20(15-27)25(29)28-21-10-4-3-5-11-21/h3-14H,16H2,1-2H3,(H,28,29)/b20-12+. The van der Waals surface area contributed by atoms with Gasteiger partial charge >= 0.3 is 0 Å². The zero-order valence-electron chi connectivity index (χ0n) is 17.2. The molecule has 1 N–H and O–H groups in total. The van der Waals surface area contributed by atoms with Crippen LogP contribution in [-0.2, 0) is 11.4 Å². The van der Waals surface area contributed by atoms with E-state index >= 15 is 0 Å². The lowest BCUT2D eigenvalue weighted by Gasteiger charge is -2.15. The number of nitriles is 1. The van der Waals surface area contributed by atoms with E-state index in [1.165, 1.54) is 6.08 Å². The smallest absolute Gasteiger partial charge is 0.266 e. The molecule has 31 heavy (non-hydrogen) atoms. The van der Waals surface area contributed by atoms with Gasteiger partial charge in [0.2, 0.25) is 0 Å². The predicted molar refractivity (Wildman–Crippen MR) is 130 cm³/mol. The van der Waals surface area contributed by atoms with E-state index in [9.17, 15) is 10.1 Å². The molecule has 0 heterocycles. The zero-order valence-corrected chi connectivity index (χ0v) is 19.3. The zero-order chi connectivity index (χ0) is 22.2. The van der Waals surface area contributed by atoms with Crippen molar-refractivity contribution in [3.8, 4) is 17.6 Å². The third-order valence-electron chi connectivity index (χ3n) is 4.59. The molecule has 0 bridgehead atoms. The molecule has 0 atom stereocenters. The topological polar surface area (TPSA) is 71.3 Å². The van der Waals surface area contributed by atoms with Gasteiger partial charge in [-0.25, -0.2) is 0 Å². The van der Waals surface area contributed by atoms with E-state index in [1.54, 1.807) is 25.3 Å². The Bertz CT molecular complexity index is 1150. The van der Waals surface area contributed by atoms with Crippen LogP contribution in [0.25, 0.3) is 6.08 Å². The monoisotopic (exact) mass is 524 g/mol. The van der Waals surface area contributed by atoms with E-state index in [0.29, 0.717) is 29.4 Å². The molecule has 0 aliphatic rings. The molecule has 156 valence electrons. The average molecular weight is 524 g/mol. The Labute approximate surface area is 195 Å². The summed E-state index contributed by atoms with van der Waals surface area (Å²) in [6, 6.07) is 22.6. The van der Waals surface area contributed by atoms with Crippen LogP contribution in [-0.4, -0.2) is 13.0 Å². The van der Waals surface area contributed by atoms with Crippen LogP contribution in [0.15, 0.2) is 72.3 Å². The highest BCUT2D eigenvalue weighted by atomic mass is 127. The van der Waals surface area contributed by atoms with Crippen LogP contribution >= 0.6 is 22.6 Å². The highest BCUT2D eigenvalue weighted by Crippen LogP contribution is 2.35. The van der Waals surface area contributed by atoms with Crippen molar-refractivity contribution in [2.45, 2.75) is 13.5 Å². The summed E-state index contributed by atoms with van der Waals surface area (Å²) in [4.78, 5) is 12.5. The number of ether oxygens (including phenoxy) is 2. The molecule has 0 saturated heterocycles. The van der Waals surface area contributed by atoms with Crippen molar-refractivity contribution in [2.75, 3.05) is 12.4 Å². The number of methoxy groups -OCH3 is 1. The number of carbonyl (C=O) groups is 1. The maximum absolute atomic E-state index is 12.5. The summed E-state index contributed by atoms with van der Waals surface area (Å²) < 4.78 is 12.4. The third kappa shape index (κ3) is 5.86. The van der Waals surface area contributed by atoms with Crippen molar-refractivity contribution in [3.63, 3.8) is 0 Å². The minimum absolute atomic E-state index is 0.00437. The first-order valence-electron chi connectivity index (χ1n) is 9.55. The van der Waals surface area contributed by atoms with Crippen molar-refractivity contribution in [2.24, 2.45) is 0 Å². The minimum Gasteiger partial charge on any atom is -0.493 e. The average Bonchev–Trinajstić information content (AvgIpc) is 2.78. The molecule has 0 aliphatic carbocycles. The fourth-order valence-corrected chi connectivity index (χ4v) is 3.70. The van der Waals surface area contributed by atoms with Gasteiger partial charge in [0, 0.05) is 5.69 Å². The molecule has 0 aromatic heterocycles. The fourth-order valence-electron chi connectivity index (χ4n) is 2.92. The number of rotatable bonds is 7. The quantitative estimate of drug-likeness (QED) is 0.244. The molecule has 0 spiro atoms. The maximum atomic E-state index is 12.5. The van der Waals surface area contributed by atoms with Crippen molar-refractivity contribution >= 4 is 40.3 Å². The predicted octanol–water partition coefficient (Wildman–Crippen LogP) is 5.73. The molecule has 0 fully saturated rings. The molecule has 6 heteroatoms. The number of aryl methyl sites for hydroxylation is 1. The molecular formula is C25H21IN2O3. The normalized spacial score (nSPS) is 10.8. The second-order valence-corrected chi connectivity index (χ2v) is 7.90. The third-order valence-corrected chi connectivity index (χ3v) is 5.39. The SMILES string of the molecule is COc1cc(/C=C(\C#N)C(=O)Nc2ccccc2)cc(I)c1OCc1ccccc1C. The number of nitrogens with zero attached hydrogens (tertiary/aromatic N) is 1. The lowest BCUT2D eigenvalue weighted by molar-refractivity contribution is -0.112. The number of halogens is 1. The maximum Gasteiger partial charge on any atom is 0.266 e. The number of nitrogens with one attached hydrogen (secondary N) is 1. The van der Waals surface area contributed by atoms with E-state index in [0.717, 1.165) is 14.7 Å². The Hall–Kier alpha value is -3.31. The van der Waals surface area contributed by atoms with Gasteiger partial charge < -0.3 is 14.8 Å². The van der Waals surface area contributed by atoms with Gasteiger partial charge in [-0.2, -0.15) is 5.26 Å². The Balaban J connectivity index is 1.83. The summed E-state index contributed by atoms with van der Waals surface area (Å²) in [7, 11) is 1.56. The summed E-state index contributed by atoms with van der Waals surface area (Å²) in [6.45, 7) is 2.45. The molecule has 5 nitrogen and oxygen atoms in total. The minimum atomic E-state index is -0.470. The van der Waals surface area contributed by atoms with E-state index in [1.807, 2.05) is 61.5 Å². The number of para-hydroxylation sites is 1. The molecule has 1 amide bonds. The molecule has 0 aliphatic heterocycles. The summed E-state index contributed by atoms with van der Waals surface area (Å²) in [6.07, 6.45) is 1.54. The van der Waals surface area contributed by atoms with Gasteiger partial charge in [0.15, 0.2) is 11.5 Å². The van der Waals surface area contributed by atoms with Crippen LogP contribution in [0.1, 0.15) is 16.7 Å². The Morgan fingerprint density at radius 3 is 2.52 bits per heavy atom. The second-order valence-electron chi connectivity index (χ2n) is 6.74. The number of hydrogen-bond acceptors (Lipinski definition) is 4. The van der Waals surface area contributed by atoms with Crippen LogP contribution in [0.3, 0.4) is 0 Å². The van der Waals surface area contributed by atoms with Gasteiger partial charge in [0.05, 0.1) is 10.7 Å². The van der Waals surface area contributed by atoms with E-state index in [2.05, 4.69) is 27.9 Å². The Morgan fingerprint density at radius 1 is 1.13 bits per heavy atom.